The van der Waals surface area contributed by atoms with E-state index in [9.17, 15) is 9.59 Å². The predicted molar refractivity (Wildman–Crippen MR) is 64.4 cm³/mol. The first-order valence-corrected chi connectivity index (χ1v) is 5.75. The van der Waals surface area contributed by atoms with Crippen molar-refractivity contribution in [1.82, 2.24) is 0 Å². The van der Waals surface area contributed by atoms with Gasteiger partial charge in [0.1, 0.15) is 0 Å². The first-order chi connectivity index (χ1) is 7.53. The number of ketones is 1. The fourth-order valence-electron chi connectivity index (χ4n) is 1.36. The zero-order chi connectivity index (χ0) is 12.2. The van der Waals surface area contributed by atoms with Crippen LogP contribution < -0.4 is 0 Å². The SMILES string of the molecule is CCOC(=O)[C@](Br)(C(C)=O)c1ccccc1. The number of carbonyl (C=O) groups is 2. The summed E-state index contributed by atoms with van der Waals surface area (Å²) in [5.74, 6) is -0.870. The number of benzene rings is 1. The lowest BCUT2D eigenvalue weighted by atomic mass is 9.95. The molecule has 16 heavy (non-hydrogen) atoms. The molecular formula is C12H13BrO3. The summed E-state index contributed by atoms with van der Waals surface area (Å²) in [7, 11) is 0. The molecule has 3 nitrogen and oxygen atoms in total. The van der Waals surface area contributed by atoms with Crippen LogP contribution in [-0.4, -0.2) is 18.4 Å². The third kappa shape index (κ3) is 2.32. The van der Waals surface area contributed by atoms with Crippen LogP contribution in [0.4, 0.5) is 0 Å². The minimum Gasteiger partial charge on any atom is -0.464 e. The lowest BCUT2D eigenvalue weighted by Crippen LogP contribution is -2.38. The molecule has 0 bridgehead atoms. The van der Waals surface area contributed by atoms with Crippen molar-refractivity contribution in [3.8, 4) is 0 Å². The first-order valence-electron chi connectivity index (χ1n) is 4.96. The number of Topliss-reactive ketones (excluding diaryl/α,β-unsaturated/α-hetero) is 1. The Morgan fingerprint density at radius 3 is 2.31 bits per heavy atom. The molecule has 0 N–H and O–H groups in total. The second-order valence-electron chi connectivity index (χ2n) is 3.30. The van der Waals surface area contributed by atoms with E-state index in [1.807, 2.05) is 6.07 Å². The Bertz CT molecular complexity index is 389. The summed E-state index contributed by atoms with van der Waals surface area (Å²) in [5.41, 5.74) is 0.584. The lowest BCUT2D eigenvalue weighted by molar-refractivity contribution is -0.148. The fraction of sp³-hybridized carbons (Fsp3) is 0.333. The van der Waals surface area contributed by atoms with Crippen molar-refractivity contribution < 1.29 is 14.3 Å². The van der Waals surface area contributed by atoms with Crippen LogP contribution >= 0.6 is 15.9 Å². The number of carbonyl (C=O) groups excluding carboxylic acids is 2. The highest BCUT2D eigenvalue weighted by atomic mass is 79.9. The molecule has 0 unspecified atom stereocenters. The standard InChI is InChI=1S/C12H13BrO3/c1-3-16-11(15)12(13,9(2)14)10-7-5-4-6-8-10/h4-8H,3H2,1-2H3/t12-/m0/s1. The van der Waals surface area contributed by atoms with Crippen LogP contribution in [0.15, 0.2) is 30.3 Å². The van der Waals surface area contributed by atoms with Gasteiger partial charge in [0.25, 0.3) is 0 Å². The molecule has 1 aromatic rings. The summed E-state index contributed by atoms with van der Waals surface area (Å²) in [4.78, 5) is 23.5. The van der Waals surface area contributed by atoms with Gasteiger partial charge in [0.2, 0.25) is 4.32 Å². The Morgan fingerprint density at radius 1 is 1.31 bits per heavy atom. The summed E-state index contributed by atoms with van der Waals surface area (Å²) in [5, 5.41) is 0. The van der Waals surface area contributed by atoms with E-state index in [1.54, 1.807) is 31.2 Å². The van der Waals surface area contributed by atoms with E-state index in [1.165, 1.54) is 6.92 Å². The van der Waals surface area contributed by atoms with Crippen molar-refractivity contribution in [1.29, 1.82) is 0 Å². The van der Waals surface area contributed by atoms with Crippen molar-refractivity contribution >= 4 is 27.7 Å². The molecular weight excluding hydrogens is 272 g/mol. The van der Waals surface area contributed by atoms with Gasteiger partial charge in [-0.05, 0) is 19.4 Å². The molecule has 0 spiro atoms. The molecule has 86 valence electrons. The van der Waals surface area contributed by atoms with Crippen molar-refractivity contribution in [2.45, 2.75) is 18.2 Å². The second kappa shape index (κ2) is 5.25. The Morgan fingerprint density at radius 2 is 1.88 bits per heavy atom. The first kappa shape index (κ1) is 12.9. The Balaban J connectivity index is 3.17. The number of alkyl halides is 1. The molecule has 0 aliphatic heterocycles. The maximum absolute atomic E-state index is 11.8. The minimum absolute atomic E-state index is 0.242. The minimum atomic E-state index is -1.38. The van der Waals surface area contributed by atoms with Crippen LogP contribution in [0.25, 0.3) is 0 Å². The molecule has 1 rings (SSSR count). The molecule has 1 atom stereocenters. The highest BCUT2D eigenvalue weighted by Crippen LogP contribution is 2.33. The van der Waals surface area contributed by atoms with Crippen LogP contribution in [-0.2, 0) is 18.7 Å². The van der Waals surface area contributed by atoms with Gasteiger partial charge < -0.3 is 4.74 Å². The molecule has 0 aliphatic rings. The van der Waals surface area contributed by atoms with Gasteiger partial charge in [0, 0.05) is 0 Å². The number of halogens is 1. The number of hydrogen-bond donors (Lipinski definition) is 0. The van der Waals surface area contributed by atoms with E-state index < -0.39 is 10.3 Å². The molecule has 0 saturated carbocycles. The molecule has 1 aromatic carbocycles. The zero-order valence-electron chi connectivity index (χ0n) is 9.20. The molecule has 0 fully saturated rings. The Hall–Kier alpha value is -1.16. The van der Waals surface area contributed by atoms with Crippen LogP contribution in [0.5, 0.6) is 0 Å². The normalized spacial score (nSPS) is 13.9. The Kier molecular flexibility index (Phi) is 4.24. The van der Waals surface area contributed by atoms with Crippen LogP contribution in [0.3, 0.4) is 0 Å². The summed E-state index contributed by atoms with van der Waals surface area (Å²) < 4.78 is 3.53. The smallest absolute Gasteiger partial charge is 0.335 e. The average molecular weight is 285 g/mol. The predicted octanol–water partition coefficient (Wildman–Crippen LogP) is 2.43. The molecule has 0 radical (unpaired) electrons. The number of hydrogen-bond acceptors (Lipinski definition) is 3. The van der Waals surface area contributed by atoms with E-state index in [2.05, 4.69) is 15.9 Å². The lowest BCUT2D eigenvalue weighted by Gasteiger charge is -2.22. The monoisotopic (exact) mass is 284 g/mol. The third-order valence-corrected chi connectivity index (χ3v) is 3.55. The van der Waals surface area contributed by atoms with Gasteiger partial charge in [-0.1, -0.05) is 46.3 Å². The van der Waals surface area contributed by atoms with Crippen LogP contribution in [0, 0.1) is 0 Å². The average Bonchev–Trinajstić information content (AvgIpc) is 2.29. The molecule has 0 heterocycles. The summed E-state index contributed by atoms with van der Waals surface area (Å²) >= 11 is 3.20. The number of esters is 1. The number of ether oxygens (including phenoxy) is 1. The summed E-state index contributed by atoms with van der Waals surface area (Å²) in [6.07, 6.45) is 0. The zero-order valence-corrected chi connectivity index (χ0v) is 10.8. The molecule has 0 aliphatic carbocycles. The molecule has 4 heteroatoms. The van der Waals surface area contributed by atoms with Gasteiger partial charge >= 0.3 is 5.97 Å². The quantitative estimate of drug-likeness (QED) is 0.485. The number of rotatable bonds is 4. The van der Waals surface area contributed by atoms with E-state index in [4.69, 9.17) is 4.74 Å². The van der Waals surface area contributed by atoms with Crippen molar-refractivity contribution in [2.75, 3.05) is 6.61 Å². The summed E-state index contributed by atoms with van der Waals surface area (Å²) in [6.45, 7) is 3.31. The largest absolute Gasteiger partial charge is 0.464 e. The van der Waals surface area contributed by atoms with E-state index in [-0.39, 0.29) is 12.4 Å². The van der Waals surface area contributed by atoms with Gasteiger partial charge in [-0.2, -0.15) is 0 Å². The maximum atomic E-state index is 11.8. The van der Waals surface area contributed by atoms with Gasteiger partial charge in [-0.25, -0.2) is 4.79 Å². The van der Waals surface area contributed by atoms with Gasteiger partial charge in [-0.3, -0.25) is 4.79 Å². The van der Waals surface area contributed by atoms with E-state index >= 15 is 0 Å². The maximum Gasteiger partial charge on any atom is 0.335 e. The summed E-state index contributed by atoms with van der Waals surface area (Å²) in [6, 6.07) is 8.80. The molecule has 0 saturated heterocycles. The van der Waals surface area contributed by atoms with Crippen molar-refractivity contribution in [3.05, 3.63) is 35.9 Å². The molecule has 0 aromatic heterocycles. The van der Waals surface area contributed by atoms with Gasteiger partial charge in [0.15, 0.2) is 5.78 Å². The Labute approximate surface area is 103 Å². The highest BCUT2D eigenvalue weighted by molar-refractivity contribution is 9.10. The van der Waals surface area contributed by atoms with Gasteiger partial charge in [-0.15, -0.1) is 0 Å². The highest BCUT2D eigenvalue weighted by Gasteiger charge is 2.43. The van der Waals surface area contributed by atoms with Crippen LogP contribution in [0.2, 0.25) is 0 Å². The van der Waals surface area contributed by atoms with E-state index in [0.29, 0.717) is 5.56 Å². The second-order valence-corrected chi connectivity index (χ2v) is 4.49. The van der Waals surface area contributed by atoms with Crippen molar-refractivity contribution in [2.24, 2.45) is 0 Å². The fourth-order valence-corrected chi connectivity index (χ4v) is 1.74. The van der Waals surface area contributed by atoms with E-state index in [0.717, 1.165) is 0 Å². The topological polar surface area (TPSA) is 43.4 Å². The van der Waals surface area contributed by atoms with Gasteiger partial charge in [0.05, 0.1) is 6.61 Å². The molecule has 0 amide bonds. The van der Waals surface area contributed by atoms with Crippen LogP contribution in [0.1, 0.15) is 19.4 Å². The third-order valence-electron chi connectivity index (χ3n) is 2.21. The van der Waals surface area contributed by atoms with Crippen molar-refractivity contribution in [3.63, 3.8) is 0 Å².